The number of aromatic nitrogens is 1. The number of hydrogen-bond donors (Lipinski definition) is 2. The van der Waals surface area contributed by atoms with E-state index in [-0.39, 0.29) is 6.61 Å². The van der Waals surface area contributed by atoms with Gasteiger partial charge in [-0.2, -0.15) is 0 Å². The molecule has 1 heterocycles. The zero-order chi connectivity index (χ0) is 11.4. The molecule has 3 nitrogen and oxygen atoms in total. The fraction of sp³-hybridized carbons (Fsp3) is 0.182. The number of thiazole rings is 1. The predicted octanol–water partition coefficient (Wildman–Crippen LogP) is 2.90. The van der Waals surface area contributed by atoms with E-state index in [0.29, 0.717) is 6.54 Å². The van der Waals surface area contributed by atoms with Crippen LogP contribution in [0.3, 0.4) is 0 Å². The smallest absolute Gasteiger partial charge is 0.118 e. The van der Waals surface area contributed by atoms with Crippen molar-refractivity contribution in [2.75, 3.05) is 5.32 Å². The van der Waals surface area contributed by atoms with E-state index in [9.17, 15) is 0 Å². The maximum Gasteiger partial charge on any atom is 0.118 e. The highest BCUT2D eigenvalue weighted by atomic mass is 35.5. The second-order valence-electron chi connectivity index (χ2n) is 3.25. The molecule has 0 spiro atoms. The Morgan fingerprint density at radius 1 is 1.31 bits per heavy atom. The third-order valence-electron chi connectivity index (χ3n) is 2.05. The normalized spacial score (nSPS) is 10.4. The first-order valence-electron chi connectivity index (χ1n) is 4.81. The lowest BCUT2D eigenvalue weighted by molar-refractivity contribution is 0.281. The zero-order valence-corrected chi connectivity index (χ0v) is 10.1. The molecule has 16 heavy (non-hydrogen) atoms. The Hall–Kier alpha value is -1.10. The van der Waals surface area contributed by atoms with E-state index in [1.807, 2.05) is 29.6 Å². The number of nitrogens with one attached hydrogen (secondary N) is 1. The molecule has 0 aliphatic heterocycles. The summed E-state index contributed by atoms with van der Waals surface area (Å²) < 4.78 is 0. The first kappa shape index (κ1) is 11.4. The van der Waals surface area contributed by atoms with Crippen molar-refractivity contribution in [1.29, 1.82) is 0 Å². The molecule has 0 unspecified atom stereocenters. The number of hydrogen-bond acceptors (Lipinski definition) is 4. The lowest BCUT2D eigenvalue weighted by Gasteiger charge is -2.03. The summed E-state index contributed by atoms with van der Waals surface area (Å²) in [5.74, 6) is 0. The molecule has 1 aromatic carbocycles. The fourth-order valence-electron chi connectivity index (χ4n) is 1.26. The Morgan fingerprint density at radius 2 is 2.06 bits per heavy atom. The number of anilines is 1. The summed E-state index contributed by atoms with van der Waals surface area (Å²) in [7, 11) is 0. The fourth-order valence-corrected chi connectivity index (χ4v) is 2.04. The van der Waals surface area contributed by atoms with Crippen molar-refractivity contribution in [1.82, 2.24) is 4.98 Å². The summed E-state index contributed by atoms with van der Waals surface area (Å²) in [6.45, 7) is 0.656. The van der Waals surface area contributed by atoms with Gasteiger partial charge in [-0.3, -0.25) is 0 Å². The number of nitrogens with zero attached hydrogens (tertiary/aromatic N) is 1. The molecule has 0 atom stereocenters. The summed E-state index contributed by atoms with van der Waals surface area (Å²) in [6.07, 6.45) is 0. The van der Waals surface area contributed by atoms with Gasteiger partial charge in [-0.15, -0.1) is 11.3 Å². The molecule has 0 saturated heterocycles. The van der Waals surface area contributed by atoms with Crippen molar-refractivity contribution < 1.29 is 5.11 Å². The Labute approximate surface area is 103 Å². The van der Waals surface area contributed by atoms with Crippen molar-refractivity contribution >= 4 is 28.6 Å². The van der Waals surface area contributed by atoms with Crippen LogP contribution in [-0.2, 0) is 13.2 Å². The van der Waals surface area contributed by atoms with Gasteiger partial charge in [0.1, 0.15) is 5.01 Å². The van der Waals surface area contributed by atoms with Crippen LogP contribution in [0, 0.1) is 0 Å². The molecule has 0 amide bonds. The molecule has 0 saturated carbocycles. The van der Waals surface area contributed by atoms with Crippen LogP contribution in [0.2, 0.25) is 5.02 Å². The van der Waals surface area contributed by atoms with Crippen LogP contribution in [0.4, 0.5) is 5.69 Å². The molecule has 2 rings (SSSR count). The van der Waals surface area contributed by atoms with Gasteiger partial charge in [-0.1, -0.05) is 11.6 Å². The van der Waals surface area contributed by atoms with Gasteiger partial charge in [-0.05, 0) is 24.3 Å². The van der Waals surface area contributed by atoms with Crippen LogP contribution >= 0.6 is 22.9 Å². The molecule has 0 fully saturated rings. The Bertz CT molecular complexity index is 455. The van der Waals surface area contributed by atoms with Crippen LogP contribution in [0.25, 0.3) is 0 Å². The predicted molar refractivity (Wildman–Crippen MR) is 66.8 cm³/mol. The molecular weight excluding hydrogens is 244 g/mol. The Balaban J connectivity index is 1.94. The van der Waals surface area contributed by atoms with Crippen molar-refractivity contribution in [3.8, 4) is 0 Å². The molecule has 0 radical (unpaired) electrons. The minimum absolute atomic E-state index is 0.00557. The molecule has 2 N–H and O–H groups in total. The number of rotatable bonds is 4. The Kier molecular flexibility index (Phi) is 3.77. The summed E-state index contributed by atoms with van der Waals surface area (Å²) in [6, 6.07) is 7.51. The van der Waals surface area contributed by atoms with Crippen LogP contribution < -0.4 is 5.32 Å². The minimum Gasteiger partial charge on any atom is -0.389 e. The SMILES string of the molecule is OCc1nc(CNc2ccc(Cl)cc2)cs1. The van der Waals surface area contributed by atoms with E-state index >= 15 is 0 Å². The van der Waals surface area contributed by atoms with Gasteiger partial charge in [0.2, 0.25) is 0 Å². The van der Waals surface area contributed by atoms with Crippen LogP contribution in [-0.4, -0.2) is 10.1 Å². The van der Waals surface area contributed by atoms with Gasteiger partial charge in [0.25, 0.3) is 0 Å². The van der Waals surface area contributed by atoms with Crippen molar-refractivity contribution in [2.24, 2.45) is 0 Å². The summed E-state index contributed by atoms with van der Waals surface area (Å²) >= 11 is 7.25. The van der Waals surface area contributed by atoms with Gasteiger partial charge >= 0.3 is 0 Å². The monoisotopic (exact) mass is 254 g/mol. The highest BCUT2D eigenvalue weighted by Gasteiger charge is 2.00. The topological polar surface area (TPSA) is 45.2 Å². The second kappa shape index (κ2) is 5.30. The minimum atomic E-state index is 0.00557. The summed E-state index contributed by atoms with van der Waals surface area (Å²) in [4.78, 5) is 4.24. The van der Waals surface area contributed by atoms with Crippen LogP contribution in [0.15, 0.2) is 29.6 Å². The molecule has 1 aromatic heterocycles. The number of benzene rings is 1. The molecule has 0 aliphatic carbocycles. The first-order valence-corrected chi connectivity index (χ1v) is 6.07. The second-order valence-corrected chi connectivity index (χ2v) is 4.63. The van der Waals surface area contributed by atoms with Gasteiger partial charge in [0, 0.05) is 16.1 Å². The number of halogens is 1. The van der Waals surface area contributed by atoms with Gasteiger partial charge in [0.05, 0.1) is 18.8 Å². The number of aliphatic hydroxyl groups is 1. The molecule has 84 valence electrons. The average Bonchev–Trinajstić information content (AvgIpc) is 2.76. The lowest BCUT2D eigenvalue weighted by Crippen LogP contribution is -1.99. The van der Waals surface area contributed by atoms with E-state index in [1.54, 1.807) is 0 Å². The summed E-state index contributed by atoms with van der Waals surface area (Å²) in [5, 5.41) is 15.5. The molecule has 5 heteroatoms. The van der Waals surface area contributed by atoms with Crippen molar-refractivity contribution in [3.63, 3.8) is 0 Å². The van der Waals surface area contributed by atoms with E-state index in [1.165, 1.54) is 11.3 Å². The average molecular weight is 255 g/mol. The third kappa shape index (κ3) is 2.95. The quantitative estimate of drug-likeness (QED) is 0.882. The largest absolute Gasteiger partial charge is 0.389 e. The van der Waals surface area contributed by atoms with Crippen molar-refractivity contribution in [3.05, 3.63) is 45.4 Å². The molecular formula is C11H11ClN2OS. The van der Waals surface area contributed by atoms with E-state index in [0.717, 1.165) is 21.4 Å². The van der Waals surface area contributed by atoms with Crippen LogP contribution in [0.1, 0.15) is 10.7 Å². The van der Waals surface area contributed by atoms with Gasteiger partial charge in [0.15, 0.2) is 0 Å². The maximum atomic E-state index is 8.88. The van der Waals surface area contributed by atoms with Crippen molar-refractivity contribution in [2.45, 2.75) is 13.2 Å². The van der Waals surface area contributed by atoms with Crippen LogP contribution in [0.5, 0.6) is 0 Å². The van der Waals surface area contributed by atoms with Gasteiger partial charge < -0.3 is 10.4 Å². The third-order valence-corrected chi connectivity index (χ3v) is 3.19. The van der Waals surface area contributed by atoms with E-state index < -0.39 is 0 Å². The van der Waals surface area contributed by atoms with E-state index in [2.05, 4.69) is 10.3 Å². The molecule has 2 aromatic rings. The van der Waals surface area contributed by atoms with Gasteiger partial charge in [-0.25, -0.2) is 4.98 Å². The highest BCUT2D eigenvalue weighted by Crippen LogP contribution is 2.15. The van der Waals surface area contributed by atoms with E-state index in [4.69, 9.17) is 16.7 Å². The number of aliphatic hydroxyl groups excluding tert-OH is 1. The maximum absolute atomic E-state index is 8.88. The molecule has 0 aliphatic rings. The first-order chi connectivity index (χ1) is 7.78. The Morgan fingerprint density at radius 3 is 2.69 bits per heavy atom. The standard InChI is InChI=1S/C11H11ClN2OS/c12-8-1-3-9(4-2-8)13-5-10-7-16-11(6-15)14-10/h1-4,7,13,15H,5-6H2. The summed E-state index contributed by atoms with van der Waals surface area (Å²) in [5.41, 5.74) is 1.94. The lowest BCUT2D eigenvalue weighted by atomic mass is 10.3. The zero-order valence-electron chi connectivity index (χ0n) is 8.48. The molecule has 0 bridgehead atoms. The highest BCUT2D eigenvalue weighted by molar-refractivity contribution is 7.09.